The SMILES string of the molecule is Cc1cc(=O)n2c(n1)C(c1ccccc1)C(=O)N2. The molecule has 1 unspecified atom stereocenters. The summed E-state index contributed by atoms with van der Waals surface area (Å²) in [4.78, 5) is 28.0. The number of rotatable bonds is 1. The second-order valence-electron chi connectivity index (χ2n) is 4.25. The molecule has 0 fully saturated rings. The predicted octanol–water partition coefficient (Wildman–Crippen LogP) is 0.767. The lowest BCUT2D eigenvalue weighted by Crippen LogP contribution is -2.27. The lowest BCUT2D eigenvalue weighted by Gasteiger charge is -2.07. The van der Waals surface area contributed by atoms with E-state index in [0.717, 1.165) is 5.56 Å². The van der Waals surface area contributed by atoms with Crippen molar-refractivity contribution in [3.05, 3.63) is 63.8 Å². The van der Waals surface area contributed by atoms with Crippen LogP contribution >= 0.6 is 0 Å². The van der Waals surface area contributed by atoms with Crippen LogP contribution in [0.25, 0.3) is 0 Å². The predicted molar refractivity (Wildman–Crippen MR) is 65.9 cm³/mol. The maximum absolute atomic E-state index is 12.0. The molecule has 0 spiro atoms. The van der Waals surface area contributed by atoms with Crippen molar-refractivity contribution in [2.75, 3.05) is 5.43 Å². The van der Waals surface area contributed by atoms with E-state index in [0.29, 0.717) is 11.5 Å². The average Bonchev–Trinajstić information content (AvgIpc) is 2.67. The van der Waals surface area contributed by atoms with Crippen LogP contribution in [0.2, 0.25) is 0 Å². The van der Waals surface area contributed by atoms with Gasteiger partial charge in [-0.3, -0.25) is 15.0 Å². The van der Waals surface area contributed by atoms with Crippen LogP contribution in [0.3, 0.4) is 0 Å². The smallest absolute Gasteiger partial charge is 0.272 e. The number of hydrogen-bond acceptors (Lipinski definition) is 3. The first-order valence-electron chi connectivity index (χ1n) is 5.63. The van der Waals surface area contributed by atoms with Crippen molar-refractivity contribution in [3.8, 4) is 0 Å². The standard InChI is InChI=1S/C13H11N3O2/c1-8-7-10(17)16-12(14-8)11(13(18)15-16)9-5-3-2-4-6-9/h2-7,11H,1H3,(H,15,18). The second kappa shape index (κ2) is 3.80. The van der Waals surface area contributed by atoms with Crippen molar-refractivity contribution in [2.45, 2.75) is 12.8 Å². The summed E-state index contributed by atoms with van der Waals surface area (Å²) in [6.45, 7) is 1.74. The zero-order chi connectivity index (χ0) is 12.7. The fraction of sp³-hybridized carbons (Fsp3) is 0.154. The highest BCUT2D eigenvalue weighted by Crippen LogP contribution is 2.26. The summed E-state index contributed by atoms with van der Waals surface area (Å²) in [6.07, 6.45) is 0. The summed E-state index contributed by atoms with van der Waals surface area (Å²) in [5.74, 6) is -0.286. The third kappa shape index (κ3) is 1.52. The van der Waals surface area contributed by atoms with Crippen LogP contribution in [-0.2, 0) is 4.79 Å². The molecular formula is C13H11N3O2. The third-order valence-corrected chi connectivity index (χ3v) is 2.95. The number of hydrogen-bond donors (Lipinski definition) is 1. The molecule has 1 aromatic heterocycles. The number of aryl methyl sites for hydroxylation is 1. The van der Waals surface area contributed by atoms with E-state index in [1.807, 2.05) is 30.3 Å². The Hall–Kier alpha value is -2.43. The highest BCUT2D eigenvalue weighted by molar-refractivity contribution is 5.95. The van der Waals surface area contributed by atoms with E-state index >= 15 is 0 Å². The van der Waals surface area contributed by atoms with Gasteiger partial charge in [0, 0.05) is 11.8 Å². The summed E-state index contributed by atoms with van der Waals surface area (Å²) in [6, 6.07) is 10.7. The minimum Gasteiger partial charge on any atom is -0.272 e. The van der Waals surface area contributed by atoms with E-state index in [9.17, 15) is 9.59 Å². The summed E-state index contributed by atoms with van der Waals surface area (Å²) >= 11 is 0. The third-order valence-electron chi connectivity index (χ3n) is 2.95. The first-order chi connectivity index (χ1) is 8.66. The molecule has 0 bridgehead atoms. The molecule has 0 saturated carbocycles. The zero-order valence-corrected chi connectivity index (χ0v) is 9.75. The molecule has 2 aromatic rings. The van der Waals surface area contributed by atoms with Gasteiger partial charge >= 0.3 is 0 Å². The molecule has 1 atom stereocenters. The first-order valence-corrected chi connectivity index (χ1v) is 5.63. The summed E-state index contributed by atoms with van der Waals surface area (Å²) in [5, 5.41) is 0. The number of nitrogens with one attached hydrogen (secondary N) is 1. The molecule has 18 heavy (non-hydrogen) atoms. The molecule has 1 N–H and O–H groups in total. The summed E-state index contributed by atoms with van der Waals surface area (Å²) in [7, 11) is 0. The van der Waals surface area contributed by atoms with Crippen molar-refractivity contribution in [2.24, 2.45) is 0 Å². The Balaban J connectivity index is 2.21. The number of fused-ring (bicyclic) bond motifs is 1. The molecule has 5 heteroatoms. The van der Waals surface area contributed by atoms with Crippen LogP contribution in [-0.4, -0.2) is 15.6 Å². The van der Waals surface area contributed by atoms with Crippen molar-refractivity contribution in [1.82, 2.24) is 9.66 Å². The first kappa shape index (κ1) is 10.7. The van der Waals surface area contributed by atoms with E-state index in [1.165, 1.54) is 10.7 Å². The van der Waals surface area contributed by atoms with Gasteiger partial charge in [0.25, 0.3) is 11.5 Å². The van der Waals surface area contributed by atoms with Gasteiger partial charge in [0.2, 0.25) is 0 Å². The van der Waals surface area contributed by atoms with Crippen LogP contribution in [0.4, 0.5) is 0 Å². The molecular weight excluding hydrogens is 230 g/mol. The van der Waals surface area contributed by atoms with Gasteiger partial charge in [-0.25, -0.2) is 9.66 Å². The minimum atomic E-state index is -0.515. The van der Waals surface area contributed by atoms with Crippen molar-refractivity contribution in [1.29, 1.82) is 0 Å². The van der Waals surface area contributed by atoms with Crippen molar-refractivity contribution >= 4 is 5.91 Å². The van der Waals surface area contributed by atoms with Gasteiger partial charge in [-0.2, -0.15) is 0 Å². The maximum Gasteiger partial charge on any atom is 0.272 e. The molecule has 3 rings (SSSR count). The monoisotopic (exact) mass is 241 g/mol. The topological polar surface area (TPSA) is 64.0 Å². The van der Waals surface area contributed by atoms with Crippen molar-refractivity contribution < 1.29 is 4.79 Å². The Kier molecular flexibility index (Phi) is 2.26. The van der Waals surface area contributed by atoms with Gasteiger partial charge in [-0.15, -0.1) is 0 Å². The van der Waals surface area contributed by atoms with Gasteiger partial charge in [-0.05, 0) is 12.5 Å². The fourth-order valence-electron chi connectivity index (χ4n) is 2.16. The van der Waals surface area contributed by atoms with Gasteiger partial charge in [0.05, 0.1) is 0 Å². The van der Waals surface area contributed by atoms with Crippen LogP contribution in [0, 0.1) is 6.92 Å². The molecule has 5 nitrogen and oxygen atoms in total. The highest BCUT2D eigenvalue weighted by Gasteiger charge is 2.34. The molecule has 1 aliphatic rings. The van der Waals surface area contributed by atoms with Crippen molar-refractivity contribution in [3.63, 3.8) is 0 Å². The Morgan fingerprint density at radius 3 is 2.67 bits per heavy atom. The molecule has 90 valence electrons. The summed E-state index contributed by atoms with van der Waals surface area (Å²) < 4.78 is 1.22. The maximum atomic E-state index is 12.0. The lowest BCUT2D eigenvalue weighted by atomic mass is 9.98. The molecule has 0 saturated heterocycles. The lowest BCUT2D eigenvalue weighted by molar-refractivity contribution is -0.116. The number of carbonyl (C=O) groups excluding carboxylic acids is 1. The molecule has 1 amide bonds. The Morgan fingerprint density at radius 1 is 1.22 bits per heavy atom. The molecule has 1 aliphatic heterocycles. The number of aromatic nitrogens is 2. The normalized spacial score (nSPS) is 17.4. The quantitative estimate of drug-likeness (QED) is 0.802. The van der Waals surface area contributed by atoms with E-state index in [2.05, 4.69) is 10.4 Å². The van der Waals surface area contributed by atoms with E-state index in [1.54, 1.807) is 6.92 Å². The molecule has 1 aromatic carbocycles. The number of carbonyl (C=O) groups is 1. The van der Waals surface area contributed by atoms with Gasteiger partial charge in [0.1, 0.15) is 11.7 Å². The number of nitrogens with zero attached hydrogens (tertiary/aromatic N) is 2. The summed E-state index contributed by atoms with van der Waals surface area (Å²) in [5.41, 5.74) is 3.73. The van der Waals surface area contributed by atoms with Crippen LogP contribution < -0.4 is 11.0 Å². The highest BCUT2D eigenvalue weighted by atomic mass is 16.2. The van der Waals surface area contributed by atoms with Crippen LogP contribution in [0.15, 0.2) is 41.2 Å². The minimum absolute atomic E-state index is 0.226. The van der Waals surface area contributed by atoms with Gasteiger partial charge < -0.3 is 0 Å². The second-order valence-corrected chi connectivity index (χ2v) is 4.25. The van der Waals surface area contributed by atoms with Crippen LogP contribution in [0.5, 0.6) is 0 Å². The number of benzene rings is 1. The van der Waals surface area contributed by atoms with Gasteiger partial charge in [0.15, 0.2) is 0 Å². The van der Waals surface area contributed by atoms with Gasteiger partial charge in [-0.1, -0.05) is 30.3 Å². The fourth-order valence-corrected chi connectivity index (χ4v) is 2.16. The molecule has 0 aliphatic carbocycles. The Bertz CT molecular complexity index is 676. The van der Waals surface area contributed by atoms with E-state index in [-0.39, 0.29) is 11.5 Å². The van der Waals surface area contributed by atoms with E-state index in [4.69, 9.17) is 0 Å². The largest absolute Gasteiger partial charge is 0.272 e. The Labute approximate surface area is 103 Å². The van der Waals surface area contributed by atoms with Crippen LogP contribution in [0.1, 0.15) is 23.0 Å². The zero-order valence-electron chi connectivity index (χ0n) is 9.75. The average molecular weight is 241 g/mol. The Morgan fingerprint density at radius 2 is 1.94 bits per heavy atom. The molecule has 0 radical (unpaired) electrons. The van der Waals surface area contributed by atoms with E-state index < -0.39 is 5.92 Å². The molecule has 2 heterocycles. The number of amides is 1.